The third-order valence-electron chi connectivity index (χ3n) is 3.81. The van der Waals surface area contributed by atoms with E-state index in [1.54, 1.807) is 30.3 Å². The molecule has 3 rings (SSSR count). The van der Waals surface area contributed by atoms with Crippen LogP contribution in [0.15, 0.2) is 41.3 Å². The monoisotopic (exact) mass is 437 g/mol. The molecule has 0 saturated carbocycles. The van der Waals surface area contributed by atoms with E-state index in [9.17, 15) is 9.18 Å². The molecule has 0 aliphatic carbocycles. The van der Waals surface area contributed by atoms with E-state index < -0.39 is 5.82 Å². The van der Waals surface area contributed by atoms with Gasteiger partial charge in [0, 0.05) is 0 Å². The fourth-order valence-corrected chi connectivity index (χ4v) is 4.24. The Morgan fingerprint density at radius 1 is 1.21 bits per heavy atom. The summed E-state index contributed by atoms with van der Waals surface area (Å²) in [4.78, 5) is 14.4. The number of anilines is 1. The van der Waals surface area contributed by atoms with Crippen LogP contribution in [-0.4, -0.2) is 23.4 Å². The summed E-state index contributed by atoms with van der Waals surface area (Å²) in [6, 6.07) is 9.45. The molecule has 2 aromatic carbocycles. The summed E-state index contributed by atoms with van der Waals surface area (Å²) in [5.74, 6) is 0.0561. The number of amides is 1. The average molecular weight is 438 g/mol. The number of halogens is 2. The number of hydrogen-bond donors (Lipinski definition) is 0. The van der Waals surface area contributed by atoms with Gasteiger partial charge in [0.25, 0.3) is 5.91 Å². The lowest BCUT2D eigenvalue weighted by atomic mass is 10.1. The Morgan fingerprint density at radius 3 is 2.61 bits per heavy atom. The first-order valence-electron chi connectivity index (χ1n) is 8.57. The van der Waals surface area contributed by atoms with Crippen molar-refractivity contribution in [2.24, 2.45) is 0 Å². The third kappa shape index (κ3) is 4.16. The van der Waals surface area contributed by atoms with Gasteiger partial charge in [0.2, 0.25) is 0 Å². The van der Waals surface area contributed by atoms with Crippen molar-refractivity contribution in [2.75, 3.05) is 18.1 Å². The average Bonchev–Trinajstić information content (AvgIpc) is 2.92. The number of thioether (sulfide) groups is 1. The summed E-state index contributed by atoms with van der Waals surface area (Å²) in [6.45, 7) is 4.60. The Balaban J connectivity index is 1.97. The van der Waals surface area contributed by atoms with Crippen LogP contribution in [0.1, 0.15) is 19.4 Å². The van der Waals surface area contributed by atoms with Crippen molar-refractivity contribution in [3.63, 3.8) is 0 Å². The summed E-state index contributed by atoms with van der Waals surface area (Å²) in [5.41, 5.74) is 0.791. The molecule has 8 heteroatoms. The van der Waals surface area contributed by atoms with Crippen molar-refractivity contribution in [1.29, 1.82) is 0 Å². The van der Waals surface area contributed by atoms with Gasteiger partial charge in [-0.05, 0) is 49.8 Å². The molecule has 28 heavy (non-hydrogen) atoms. The second-order valence-electron chi connectivity index (χ2n) is 5.66. The zero-order chi connectivity index (χ0) is 20.3. The van der Waals surface area contributed by atoms with E-state index >= 15 is 0 Å². The molecule has 0 aromatic heterocycles. The van der Waals surface area contributed by atoms with Crippen molar-refractivity contribution in [3.05, 3.63) is 57.7 Å². The summed E-state index contributed by atoms with van der Waals surface area (Å²) in [6.07, 6.45) is 1.66. The number of ether oxygens (including phenoxy) is 2. The Morgan fingerprint density at radius 2 is 1.93 bits per heavy atom. The normalized spacial score (nSPS) is 15.4. The highest BCUT2D eigenvalue weighted by Crippen LogP contribution is 2.40. The maximum absolute atomic E-state index is 14.1. The second kappa shape index (κ2) is 8.94. The van der Waals surface area contributed by atoms with E-state index in [-0.39, 0.29) is 15.9 Å². The molecular formula is C20H17ClFNO3S2. The van der Waals surface area contributed by atoms with E-state index in [4.69, 9.17) is 33.3 Å². The lowest BCUT2D eigenvalue weighted by molar-refractivity contribution is -0.113. The number of rotatable bonds is 6. The fraction of sp³-hybridized carbons (Fsp3) is 0.200. The van der Waals surface area contributed by atoms with Gasteiger partial charge in [-0.25, -0.2) is 4.39 Å². The Bertz CT molecular complexity index is 964. The Kier molecular flexibility index (Phi) is 6.59. The first kappa shape index (κ1) is 20.6. The molecule has 146 valence electrons. The minimum Gasteiger partial charge on any atom is -0.490 e. The van der Waals surface area contributed by atoms with Crippen molar-refractivity contribution in [3.8, 4) is 11.5 Å². The zero-order valence-corrected chi connectivity index (χ0v) is 17.6. The van der Waals surface area contributed by atoms with Crippen LogP contribution in [0.3, 0.4) is 0 Å². The van der Waals surface area contributed by atoms with Gasteiger partial charge in [0.05, 0.1) is 28.8 Å². The Hall–Kier alpha value is -2.09. The quantitative estimate of drug-likeness (QED) is 0.429. The summed E-state index contributed by atoms with van der Waals surface area (Å²) in [5, 5.41) is 0.378. The van der Waals surface area contributed by atoms with Crippen LogP contribution in [0.2, 0.25) is 5.02 Å². The molecule has 4 nitrogen and oxygen atoms in total. The summed E-state index contributed by atoms with van der Waals surface area (Å²) >= 11 is 12.7. The highest BCUT2D eigenvalue weighted by Gasteiger charge is 2.34. The molecule has 1 saturated heterocycles. The zero-order valence-electron chi connectivity index (χ0n) is 15.2. The molecule has 0 bridgehead atoms. The molecule has 0 N–H and O–H groups in total. The largest absolute Gasteiger partial charge is 0.490 e. The molecule has 0 unspecified atom stereocenters. The first-order valence-corrected chi connectivity index (χ1v) is 10.2. The van der Waals surface area contributed by atoms with E-state index in [1.807, 2.05) is 13.8 Å². The highest BCUT2D eigenvalue weighted by atomic mass is 35.5. The van der Waals surface area contributed by atoms with Crippen LogP contribution in [0.25, 0.3) is 6.08 Å². The minimum absolute atomic E-state index is 0.133. The molecule has 0 atom stereocenters. The Labute approximate surface area is 177 Å². The number of hydrogen-bond acceptors (Lipinski definition) is 5. The SMILES string of the molecule is CCOc1cc(/C=C2\SC(=S)N(c3ccccc3F)C2=O)cc(Cl)c1OCC. The van der Waals surface area contributed by atoms with Gasteiger partial charge in [0.15, 0.2) is 15.8 Å². The van der Waals surface area contributed by atoms with Crippen molar-refractivity contribution < 1.29 is 18.7 Å². The highest BCUT2D eigenvalue weighted by molar-refractivity contribution is 8.27. The van der Waals surface area contributed by atoms with E-state index in [1.165, 1.54) is 17.0 Å². The predicted molar refractivity (Wildman–Crippen MR) is 116 cm³/mol. The molecular weight excluding hydrogens is 421 g/mol. The fourth-order valence-electron chi connectivity index (χ4n) is 2.68. The smallest absolute Gasteiger partial charge is 0.270 e. The van der Waals surface area contributed by atoms with Gasteiger partial charge in [0.1, 0.15) is 5.82 Å². The van der Waals surface area contributed by atoms with Crippen LogP contribution in [0.4, 0.5) is 10.1 Å². The molecule has 1 aliphatic heterocycles. The van der Waals surface area contributed by atoms with Gasteiger partial charge >= 0.3 is 0 Å². The van der Waals surface area contributed by atoms with Crippen molar-refractivity contribution in [2.45, 2.75) is 13.8 Å². The van der Waals surface area contributed by atoms with Gasteiger partial charge in [-0.3, -0.25) is 9.69 Å². The van der Waals surface area contributed by atoms with Crippen molar-refractivity contribution >= 4 is 57.6 Å². The first-order chi connectivity index (χ1) is 13.5. The van der Waals surface area contributed by atoms with Crippen LogP contribution < -0.4 is 14.4 Å². The van der Waals surface area contributed by atoms with Gasteiger partial charge in [-0.15, -0.1) is 0 Å². The number of benzene rings is 2. The minimum atomic E-state index is -0.511. The van der Waals surface area contributed by atoms with E-state index in [0.29, 0.717) is 40.2 Å². The van der Waals surface area contributed by atoms with Gasteiger partial charge in [-0.2, -0.15) is 0 Å². The number of carbonyl (C=O) groups is 1. The van der Waals surface area contributed by atoms with E-state index in [2.05, 4.69) is 0 Å². The molecule has 2 aromatic rings. The van der Waals surface area contributed by atoms with Gasteiger partial charge < -0.3 is 9.47 Å². The number of thiocarbonyl (C=S) groups is 1. The predicted octanol–water partition coefficient (Wildman–Crippen LogP) is 5.68. The van der Waals surface area contributed by atoms with Crippen molar-refractivity contribution in [1.82, 2.24) is 0 Å². The maximum Gasteiger partial charge on any atom is 0.270 e. The van der Waals surface area contributed by atoms with Gasteiger partial charge in [-0.1, -0.05) is 47.7 Å². The number of nitrogens with zero attached hydrogens (tertiary/aromatic N) is 1. The standard InChI is InChI=1S/C20H17ClFNO3S2/c1-3-25-16-10-12(9-13(21)18(16)26-4-2)11-17-19(24)23(20(27)28-17)15-8-6-5-7-14(15)22/h5-11H,3-4H2,1-2H3/b17-11-. The number of carbonyl (C=O) groups excluding carboxylic acids is 1. The molecule has 1 amide bonds. The lowest BCUT2D eigenvalue weighted by Gasteiger charge is -2.15. The molecule has 1 fully saturated rings. The molecule has 1 aliphatic rings. The molecule has 0 radical (unpaired) electrons. The van der Waals surface area contributed by atoms with Crippen LogP contribution >= 0.6 is 35.6 Å². The molecule has 1 heterocycles. The topological polar surface area (TPSA) is 38.8 Å². The maximum atomic E-state index is 14.1. The second-order valence-corrected chi connectivity index (χ2v) is 7.75. The molecule has 0 spiro atoms. The summed E-state index contributed by atoms with van der Waals surface area (Å²) in [7, 11) is 0. The number of para-hydroxylation sites is 1. The lowest BCUT2D eigenvalue weighted by Crippen LogP contribution is -2.28. The summed E-state index contributed by atoms with van der Waals surface area (Å²) < 4.78 is 25.6. The van der Waals surface area contributed by atoms with Crippen LogP contribution in [-0.2, 0) is 4.79 Å². The third-order valence-corrected chi connectivity index (χ3v) is 5.39. The van der Waals surface area contributed by atoms with E-state index in [0.717, 1.165) is 11.8 Å². The van der Waals surface area contributed by atoms with Crippen LogP contribution in [0.5, 0.6) is 11.5 Å². The van der Waals surface area contributed by atoms with Crippen LogP contribution in [0, 0.1) is 5.82 Å².